The molecule has 1 aromatic carbocycles. The molecule has 26 heavy (non-hydrogen) atoms. The molecule has 0 aliphatic carbocycles. The minimum absolute atomic E-state index is 0.00325. The van der Waals surface area contributed by atoms with Gasteiger partial charge in [-0.2, -0.15) is 5.26 Å². The molecule has 7 heteroatoms. The standard InChI is InChI=1S/C19H28N3O4/c1-18(2,3)26-13-19(4,9-17(21)24)22-11-15(23)12-25-16-8-6-5-7-14(16)10-20/h5-8,15,21-23H,9,11-13H2,1-4H3. The first-order valence-corrected chi connectivity index (χ1v) is 8.48. The van der Waals surface area contributed by atoms with Crippen LogP contribution in [0.4, 0.5) is 0 Å². The number of carbonyl (C=O) groups is 1. The summed E-state index contributed by atoms with van der Waals surface area (Å²) in [6.07, 6.45) is -0.884. The van der Waals surface area contributed by atoms with Crippen molar-refractivity contribution < 1.29 is 19.4 Å². The second-order valence-corrected chi connectivity index (χ2v) is 7.52. The molecule has 0 saturated heterocycles. The van der Waals surface area contributed by atoms with E-state index in [1.807, 2.05) is 26.8 Å². The van der Waals surface area contributed by atoms with Crippen molar-refractivity contribution in [2.24, 2.45) is 0 Å². The minimum atomic E-state index is -0.850. The molecule has 143 valence electrons. The number of nitrogens with one attached hydrogen (secondary N) is 2. The molecule has 1 rings (SSSR count). The van der Waals surface area contributed by atoms with Crippen molar-refractivity contribution in [3.63, 3.8) is 0 Å². The van der Waals surface area contributed by atoms with Gasteiger partial charge >= 0.3 is 0 Å². The van der Waals surface area contributed by atoms with Crippen molar-refractivity contribution in [2.75, 3.05) is 19.8 Å². The lowest BCUT2D eigenvalue weighted by molar-refractivity contribution is -0.121. The fourth-order valence-electron chi connectivity index (χ4n) is 2.19. The fraction of sp³-hybridized carbons (Fsp3) is 0.579. The maximum atomic E-state index is 11.3. The summed E-state index contributed by atoms with van der Waals surface area (Å²) in [7, 11) is 0. The number of carbonyl (C=O) groups excluding carboxylic acids is 1. The van der Waals surface area contributed by atoms with Crippen LogP contribution in [0.3, 0.4) is 0 Å². The van der Waals surface area contributed by atoms with E-state index in [9.17, 15) is 9.90 Å². The van der Waals surface area contributed by atoms with Crippen LogP contribution in [0.25, 0.3) is 0 Å². The van der Waals surface area contributed by atoms with E-state index in [4.69, 9.17) is 20.5 Å². The van der Waals surface area contributed by atoms with Gasteiger partial charge in [0.25, 0.3) is 0 Å². The zero-order valence-electron chi connectivity index (χ0n) is 15.8. The number of β-amino-alcohol motifs (C(OH)–C–C–N with tert-alkyl or cyclic N) is 1. The highest BCUT2D eigenvalue weighted by Gasteiger charge is 2.29. The van der Waals surface area contributed by atoms with E-state index in [1.165, 1.54) is 0 Å². The Morgan fingerprint density at radius 1 is 1.35 bits per heavy atom. The van der Waals surface area contributed by atoms with E-state index in [-0.39, 0.29) is 31.8 Å². The van der Waals surface area contributed by atoms with Gasteiger partial charge < -0.3 is 19.9 Å². The number of aliphatic hydroxyl groups excluding tert-OH is 1. The number of nitriles is 1. The summed E-state index contributed by atoms with van der Waals surface area (Å²) in [5.41, 5.74) is 6.49. The van der Waals surface area contributed by atoms with Crippen molar-refractivity contribution in [3.8, 4) is 11.8 Å². The highest BCUT2D eigenvalue weighted by molar-refractivity contribution is 5.74. The summed E-state index contributed by atoms with van der Waals surface area (Å²) in [6, 6.07) is 8.83. The third-order valence-corrected chi connectivity index (χ3v) is 3.58. The number of hydrogen-bond acceptors (Lipinski definition) is 6. The van der Waals surface area contributed by atoms with Gasteiger partial charge in [0, 0.05) is 18.5 Å². The molecule has 0 heterocycles. The van der Waals surface area contributed by atoms with Crippen LogP contribution in [0, 0.1) is 11.3 Å². The number of benzene rings is 1. The molecule has 2 atom stereocenters. The predicted octanol–water partition coefficient (Wildman–Crippen LogP) is 1.66. The SMILES string of the molecule is CC(COC(C)(C)C)(CC([NH])=O)NCC(O)COc1ccccc1C#N. The van der Waals surface area contributed by atoms with Crippen LogP contribution in [-0.2, 0) is 9.53 Å². The average molecular weight is 362 g/mol. The summed E-state index contributed by atoms with van der Waals surface area (Å²) < 4.78 is 11.2. The zero-order chi connectivity index (χ0) is 19.8. The lowest BCUT2D eigenvalue weighted by atomic mass is 9.97. The smallest absolute Gasteiger partial charge is 0.240 e. The van der Waals surface area contributed by atoms with Gasteiger partial charge in [-0.3, -0.25) is 10.5 Å². The molecular weight excluding hydrogens is 334 g/mol. The van der Waals surface area contributed by atoms with E-state index < -0.39 is 17.6 Å². The van der Waals surface area contributed by atoms with Gasteiger partial charge in [-0.05, 0) is 39.8 Å². The molecule has 1 aromatic rings. The molecule has 0 bridgehead atoms. The Kier molecular flexibility index (Phi) is 8.03. The van der Waals surface area contributed by atoms with Crippen molar-refractivity contribution >= 4 is 5.91 Å². The Balaban J connectivity index is 2.58. The maximum absolute atomic E-state index is 11.3. The first-order valence-electron chi connectivity index (χ1n) is 8.48. The number of ether oxygens (including phenoxy) is 2. The first-order chi connectivity index (χ1) is 12.0. The van der Waals surface area contributed by atoms with Crippen LogP contribution in [0.1, 0.15) is 39.7 Å². The minimum Gasteiger partial charge on any atom is -0.489 e. The lowest BCUT2D eigenvalue weighted by Gasteiger charge is -2.33. The monoisotopic (exact) mass is 362 g/mol. The Bertz CT molecular complexity index is 636. The van der Waals surface area contributed by atoms with Crippen LogP contribution in [0.2, 0.25) is 0 Å². The van der Waals surface area contributed by atoms with Gasteiger partial charge in [-0.15, -0.1) is 0 Å². The molecule has 7 nitrogen and oxygen atoms in total. The second-order valence-electron chi connectivity index (χ2n) is 7.52. The lowest BCUT2D eigenvalue weighted by Crippen LogP contribution is -2.52. The quantitative estimate of drug-likeness (QED) is 0.654. The van der Waals surface area contributed by atoms with Crippen LogP contribution < -0.4 is 15.8 Å². The highest BCUT2D eigenvalue weighted by Crippen LogP contribution is 2.18. The van der Waals surface area contributed by atoms with Crippen LogP contribution >= 0.6 is 0 Å². The van der Waals surface area contributed by atoms with Gasteiger partial charge in [-0.25, -0.2) is 0 Å². The van der Waals surface area contributed by atoms with Gasteiger partial charge in [0.1, 0.15) is 24.5 Å². The number of para-hydroxylation sites is 1. The van der Waals surface area contributed by atoms with Crippen molar-refractivity contribution in [2.45, 2.75) is 51.4 Å². The van der Waals surface area contributed by atoms with E-state index >= 15 is 0 Å². The van der Waals surface area contributed by atoms with Crippen LogP contribution in [-0.4, -0.2) is 48.0 Å². The Hall–Kier alpha value is -2.14. The first kappa shape index (κ1) is 21.9. The number of amides is 1. The Morgan fingerprint density at radius 2 is 2.00 bits per heavy atom. The summed E-state index contributed by atoms with van der Waals surface area (Å²) in [5, 5.41) is 22.3. The van der Waals surface area contributed by atoms with Gasteiger partial charge in [0.15, 0.2) is 0 Å². The summed E-state index contributed by atoms with van der Waals surface area (Å²) in [6.45, 7) is 7.89. The fourth-order valence-corrected chi connectivity index (χ4v) is 2.19. The molecule has 1 radical (unpaired) electrons. The van der Waals surface area contributed by atoms with Crippen LogP contribution in [0.15, 0.2) is 24.3 Å². The molecular formula is C19H28N3O4. The van der Waals surface area contributed by atoms with Gasteiger partial charge in [0.05, 0.1) is 17.8 Å². The van der Waals surface area contributed by atoms with Crippen molar-refractivity contribution in [1.82, 2.24) is 11.1 Å². The molecule has 3 N–H and O–H groups in total. The molecule has 2 unspecified atom stereocenters. The van der Waals surface area contributed by atoms with E-state index in [0.717, 1.165) is 0 Å². The Morgan fingerprint density at radius 3 is 2.58 bits per heavy atom. The van der Waals surface area contributed by atoms with E-state index in [2.05, 4.69) is 5.32 Å². The number of rotatable bonds is 10. The van der Waals surface area contributed by atoms with Crippen molar-refractivity contribution in [1.29, 1.82) is 5.26 Å². The van der Waals surface area contributed by atoms with E-state index in [1.54, 1.807) is 31.2 Å². The molecule has 0 saturated carbocycles. The number of aliphatic hydroxyl groups is 1. The third kappa shape index (κ3) is 8.30. The maximum Gasteiger partial charge on any atom is 0.240 e. The third-order valence-electron chi connectivity index (χ3n) is 3.58. The molecule has 0 fully saturated rings. The van der Waals surface area contributed by atoms with E-state index in [0.29, 0.717) is 11.3 Å². The Labute approximate surface area is 155 Å². The number of nitrogens with zero attached hydrogens (tertiary/aromatic N) is 1. The normalized spacial score (nSPS) is 14.9. The summed E-state index contributed by atoms with van der Waals surface area (Å²) >= 11 is 0. The molecule has 1 amide bonds. The van der Waals surface area contributed by atoms with Crippen molar-refractivity contribution in [3.05, 3.63) is 29.8 Å². The predicted molar refractivity (Wildman–Crippen MR) is 97.5 cm³/mol. The van der Waals surface area contributed by atoms with Gasteiger partial charge in [-0.1, -0.05) is 12.1 Å². The highest BCUT2D eigenvalue weighted by atomic mass is 16.5. The largest absolute Gasteiger partial charge is 0.489 e. The molecule has 0 aliphatic heterocycles. The topological polar surface area (TPSA) is 115 Å². The summed E-state index contributed by atoms with van der Waals surface area (Å²) in [5.74, 6) is -0.291. The van der Waals surface area contributed by atoms with Gasteiger partial charge in [0.2, 0.25) is 5.91 Å². The average Bonchev–Trinajstić information content (AvgIpc) is 2.55. The molecule has 0 aliphatic rings. The molecule has 0 spiro atoms. The van der Waals surface area contributed by atoms with Crippen LogP contribution in [0.5, 0.6) is 5.75 Å². The number of hydrogen-bond donors (Lipinski definition) is 2. The molecule has 0 aromatic heterocycles. The summed E-state index contributed by atoms with van der Waals surface area (Å²) in [4.78, 5) is 11.3. The zero-order valence-corrected chi connectivity index (χ0v) is 15.8. The second kappa shape index (κ2) is 9.53.